The molecule has 2 aliphatic rings. The highest BCUT2D eigenvalue weighted by Gasteiger charge is 2.33. The zero-order valence-electron chi connectivity index (χ0n) is 19.5. The van der Waals surface area contributed by atoms with Crippen LogP contribution in [0.15, 0.2) is 35.5 Å². The standard InChI is InChI=1S/C24H30N6O3S2/c1-34-18-10-25-23(26-11-18)28-15-3-4-16(8-15)29-24-30-19-5-2-13(7-21(19)35-24)22(33)27-17-6-14(12-31)20(32)9-17/h2,5,7,10-11,14-17,20,31-32H,3-4,6,8-9,12H2,1H3,(H,27,33)(H,29,30)(H,25,26,28)/t14-,15-,16-,17+,20-/m0/s1. The Kier molecular flexibility index (Phi) is 7.37. The number of carbonyl (C=O) groups is 1. The van der Waals surface area contributed by atoms with Crippen LogP contribution in [-0.2, 0) is 0 Å². The summed E-state index contributed by atoms with van der Waals surface area (Å²) in [7, 11) is 0. The number of hydrogen-bond donors (Lipinski definition) is 5. The van der Waals surface area contributed by atoms with Crippen molar-refractivity contribution in [2.45, 2.75) is 61.2 Å². The van der Waals surface area contributed by atoms with Crippen molar-refractivity contribution < 1.29 is 15.0 Å². The van der Waals surface area contributed by atoms with E-state index in [4.69, 9.17) is 4.98 Å². The van der Waals surface area contributed by atoms with Gasteiger partial charge in [-0.1, -0.05) is 11.3 Å². The predicted octanol–water partition coefficient (Wildman–Crippen LogP) is 3.11. The van der Waals surface area contributed by atoms with E-state index in [2.05, 4.69) is 25.9 Å². The first-order chi connectivity index (χ1) is 17.0. The molecule has 0 bridgehead atoms. The lowest BCUT2D eigenvalue weighted by Crippen LogP contribution is -2.33. The van der Waals surface area contributed by atoms with Gasteiger partial charge in [-0.2, -0.15) is 0 Å². The van der Waals surface area contributed by atoms with Crippen molar-refractivity contribution in [1.29, 1.82) is 0 Å². The van der Waals surface area contributed by atoms with Gasteiger partial charge in [0.05, 0.1) is 16.3 Å². The summed E-state index contributed by atoms with van der Waals surface area (Å²) in [6, 6.07) is 6.04. The maximum absolute atomic E-state index is 12.7. The van der Waals surface area contributed by atoms with Crippen LogP contribution < -0.4 is 16.0 Å². The van der Waals surface area contributed by atoms with Gasteiger partial charge in [0.15, 0.2) is 5.13 Å². The van der Waals surface area contributed by atoms with Gasteiger partial charge in [0.25, 0.3) is 5.91 Å². The summed E-state index contributed by atoms with van der Waals surface area (Å²) in [5.74, 6) is 0.331. The average molecular weight is 515 g/mol. The third kappa shape index (κ3) is 5.69. The summed E-state index contributed by atoms with van der Waals surface area (Å²) in [6.45, 7) is -0.0625. The predicted molar refractivity (Wildman–Crippen MR) is 139 cm³/mol. The lowest BCUT2D eigenvalue weighted by atomic mass is 10.1. The first-order valence-corrected chi connectivity index (χ1v) is 13.9. The van der Waals surface area contributed by atoms with Crippen molar-refractivity contribution in [2.75, 3.05) is 23.5 Å². The zero-order chi connectivity index (χ0) is 24.4. The first-order valence-electron chi connectivity index (χ1n) is 11.9. The second-order valence-electron chi connectivity index (χ2n) is 9.30. The number of benzene rings is 1. The second kappa shape index (κ2) is 10.7. The number of aliphatic hydroxyl groups is 2. The molecule has 5 N–H and O–H groups in total. The number of nitrogens with one attached hydrogen (secondary N) is 3. The Balaban J connectivity index is 1.17. The third-order valence-electron chi connectivity index (χ3n) is 6.84. The second-order valence-corrected chi connectivity index (χ2v) is 11.2. The first kappa shape index (κ1) is 24.2. The normalized spacial score (nSPS) is 26.2. The molecule has 2 heterocycles. The lowest BCUT2D eigenvalue weighted by Gasteiger charge is -2.14. The molecule has 0 spiro atoms. The number of aromatic nitrogens is 3. The van der Waals surface area contributed by atoms with Crippen LogP contribution in [0, 0.1) is 5.92 Å². The fourth-order valence-corrected chi connectivity index (χ4v) is 6.21. The number of carbonyl (C=O) groups excluding carboxylic acids is 1. The van der Waals surface area contributed by atoms with Crippen molar-refractivity contribution in [3.63, 3.8) is 0 Å². The molecule has 3 aromatic rings. The number of fused-ring (bicyclic) bond motifs is 1. The van der Waals surface area contributed by atoms with E-state index in [0.29, 0.717) is 36.4 Å². The van der Waals surface area contributed by atoms with E-state index in [1.54, 1.807) is 29.2 Å². The Labute approximate surface area is 212 Å². The monoisotopic (exact) mass is 514 g/mol. The summed E-state index contributed by atoms with van der Waals surface area (Å²) in [6.07, 6.45) is 9.20. The quantitative estimate of drug-likeness (QED) is 0.288. The van der Waals surface area contributed by atoms with Crippen molar-refractivity contribution >= 4 is 50.3 Å². The number of anilines is 2. The van der Waals surface area contributed by atoms with Crippen molar-refractivity contribution in [3.8, 4) is 0 Å². The fraction of sp³-hybridized carbons (Fsp3) is 0.500. The van der Waals surface area contributed by atoms with Crippen LogP contribution in [0.1, 0.15) is 42.5 Å². The van der Waals surface area contributed by atoms with Crippen LogP contribution in [0.3, 0.4) is 0 Å². The van der Waals surface area contributed by atoms with Gasteiger partial charge < -0.3 is 26.2 Å². The molecule has 2 aliphatic carbocycles. The molecule has 1 amide bonds. The molecule has 2 fully saturated rings. The zero-order valence-corrected chi connectivity index (χ0v) is 21.1. The highest BCUT2D eigenvalue weighted by Crippen LogP contribution is 2.31. The van der Waals surface area contributed by atoms with E-state index in [-0.39, 0.29) is 24.5 Å². The van der Waals surface area contributed by atoms with Crippen LogP contribution in [0.4, 0.5) is 11.1 Å². The maximum atomic E-state index is 12.7. The Morgan fingerprint density at radius 3 is 2.60 bits per heavy atom. The minimum atomic E-state index is -0.568. The number of aliphatic hydroxyl groups excluding tert-OH is 2. The maximum Gasteiger partial charge on any atom is 0.251 e. The molecule has 35 heavy (non-hydrogen) atoms. The largest absolute Gasteiger partial charge is 0.396 e. The minimum Gasteiger partial charge on any atom is -0.396 e. The summed E-state index contributed by atoms with van der Waals surface area (Å²) < 4.78 is 0.954. The van der Waals surface area contributed by atoms with E-state index in [9.17, 15) is 15.0 Å². The van der Waals surface area contributed by atoms with Crippen LogP contribution in [0.2, 0.25) is 0 Å². The summed E-state index contributed by atoms with van der Waals surface area (Å²) >= 11 is 3.17. The molecule has 0 aliphatic heterocycles. The molecule has 0 radical (unpaired) electrons. The van der Waals surface area contributed by atoms with E-state index >= 15 is 0 Å². The highest BCUT2D eigenvalue weighted by molar-refractivity contribution is 7.98. The molecule has 9 nitrogen and oxygen atoms in total. The van der Waals surface area contributed by atoms with Gasteiger partial charge in [0, 0.05) is 53.5 Å². The van der Waals surface area contributed by atoms with Crippen LogP contribution in [0.25, 0.3) is 10.2 Å². The number of rotatable bonds is 8. The van der Waals surface area contributed by atoms with Crippen LogP contribution >= 0.6 is 23.1 Å². The SMILES string of the molecule is CSc1cnc(N[C@H]2CC[C@H](Nc3nc4ccc(C(=O)N[C@@H]5C[C@@H](CO)[C@@H](O)C5)cc4s3)C2)nc1. The molecule has 5 atom stereocenters. The number of hydrogen-bond acceptors (Lipinski definition) is 10. The Hall–Kier alpha value is -2.47. The van der Waals surface area contributed by atoms with Crippen molar-refractivity contribution in [2.24, 2.45) is 5.92 Å². The van der Waals surface area contributed by atoms with Gasteiger partial charge in [-0.25, -0.2) is 15.0 Å². The number of nitrogens with zero attached hydrogens (tertiary/aromatic N) is 3. The Bertz CT molecular complexity index is 1170. The molecule has 5 rings (SSSR count). The molecule has 11 heteroatoms. The van der Waals surface area contributed by atoms with Crippen LogP contribution in [0.5, 0.6) is 0 Å². The van der Waals surface area contributed by atoms with E-state index in [1.807, 2.05) is 30.8 Å². The highest BCUT2D eigenvalue weighted by atomic mass is 32.2. The summed E-state index contributed by atoms with van der Waals surface area (Å²) in [4.78, 5) is 27.3. The van der Waals surface area contributed by atoms with Gasteiger partial charge in [-0.05, 0) is 56.6 Å². The number of thioether (sulfide) groups is 1. The summed E-state index contributed by atoms with van der Waals surface area (Å²) in [5.41, 5.74) is 1.44. The van der Waals surface area contributed by atoms with E-state index in [0.717, 1.165) is 39.5 Å². The number of thiazole rings is 1. The molecule has 0 saturated heterocycles. The third-order valence-corrected chi connectivity index (χ3v) is 8.47. The van der Waals surface area contributed by atoms with Crippen molar-refractivity contribution in [1.82, 2.24) is 20.3 Å². The smallest absolute Gasteiger partial charge is 0.251 e. The van der Waals surface area contributed by atoms with Gasteiger partial charge in [0.2, 0.25) is 5.95 Å². The van der Waals surface area contributed by atoms with Gasteiger partial charge in [-0.3, -0.25) is 4.79 Å². The van der Waals surface area contributed by atoms with E-state index in [1.165, 1.54) is 0 Å². The average Bonchev–Trinajstić information content (AvgIpc) is 3.57. The molecule has 0 unspecified atom stereocenters. The minimum absolute atomic E-state index is 0.0625. The van der Waals surface area contributed by atoms with Crippen molar-refractivity contribution in [3.05, 3.63) is 36.2 Å². The van der Waals surface area contributed by atoms with Gasteiger partial charge in [0.1, 0.15) is 0 Å². The van der Waals surface area contributed by atoms with Gasteiger partial charge >= 0.3 is 0 Å². The topological polar surface area (TPSA) is 132 Å². The molecule has 1 aromatic carbocycles. The molecule has 2 aromatic heterocycles. The van der Waals surface area contributed by atoms with E-state index < -0.39 is 6.10 Å². The molecular formula is C24H30N6O3S2. The summed E-state index contributed by atoms with van der Waals surface area (Å²) in [5, 5.41) is 30.1. The lowest BCUT2D eigenvalue weighted by molar-refractivity contribution is 0.0903. The van der Waals surface area contributed by atoms with Gasteiger partial charge in [-0.15, -0.1) is 11.8 Å². The Morgan fingerprint density at radius 2 is 1.89 bits per heavy atom. The number of amides is 1. The molecular weight excluding hydrogens is 484 g/mol. The molecule has 2 saturated carbocycles. The molecule has 186 valence electrons. The Morgan fingerprint density at radius 1 is 1.11 bits per heavy atom. The fourth-order valence-electron chi connectivity index (χ4n) is 4.91. The van der Waals surface area contributed by atoms with Crippen LogP contribution in [-0.4, -0.2) is 68.2 Å².